The van der Waals surface area contributed by atoms with E-state index in [4.69, 9.17) is 9.47 Å². The van der Waals surface area contributed by atoms with Gasteiger partial charge in [0.15, 0.2) is 0 Å². The van der Waals surface area contributed by atoms with Crippen molar-refractivity contribution in [2.45, 2.75) is 25.8 Å². The third-order valence-corrected chi connectivity index (χ3v) is 2.78. The first kappa shape index (κ1) is 12.5. The Morgan fingerprint density at radius 2 is 2.20 bits per heavy atom. The smallest absolute Gasteiger partial charge is 0.323 e. The van der Waals surface area contributed by atoms with Gasteiger partial charge in [0.1, 0.15) is 6.04 Å². The van der Waals surface area contributed by atoms with Crippen molar-refractivity contribution in [2.24, 2.45) is 5.92 Å². The topological polar surface area (TPSA) is 38.8 Å². The summed E-state index contributed by atoms with van der Waals surface area (Å²) in [5, 5.41) is 0. The van der Waals surface area contributed by atoms with Crippen LogP contribution >= 0.6 is 0 Å². The minimum absolute atomic E-state index is 0.0737. The predicted octanol–water partition coefficient (Wildman–Crippen LogP) is 0.906. The summed E-state index contributed by atoms with van der Waals surface area (Å²) in [6.07, 6.45) is 2.28. The Morgan fingerprint density at radius 3 is 2.67 bits per heavy atom. The molecule has 0 aromatic carbocycles. The van der Waals surface area contributed by atoms with Gasteiger partial charge in [-0.15, -0.1) is 0 Å². The quantitative estimate of drug-likeness (QED) is 0.467. The van der Waals surface area contributed by atoms with Gasteiger partial charge in [0.05, 0.1) is 13.7 Å². The van der Waals surface area contributed by atoms with E-state index in [1.807, 2.05) is 18.9 Å². The minimum atomic E-state index is -0.114. The highest BCUT2D eigenvalue weighted by Gasteiger charge is 2.39. The highest BCUT2D eigenvalue weighted by Crippen LogP contribution is 2.35. The molecule has 0 amide bonds. The lowest BCUT2D eigenvalue weighted by molar-refractivity contribution is -0.147. The van der Waals surface area contributed by atoms with E-state index in [1.165, 1.54) is 7.11 Å². The fourth-order valence-corrected chi connectivity index (χ4v) is 1.76. The number of nitrogens with zero attached hydrogens (tertiary/aromatic N) is 1. The normalized spacial score (nSPS) is 17.9. The standard InChI is InChI=1S/C11H21NO3/c1-4-15-8-7-12(2)10(9-5-6-9)11(13)14-3/h9-10H,4-8H2,1-3H3. The Labute approximate surface area is 91.5 Å². The summed E-state index contributed by atoms with van der Waals surface area (Å²) in [6.45, 7) is 4.15. The first-order valence-electron chi connectivity index (χ1n) is 5.56. The second-order valence-corrected chi connectivity index (χ2v) is 3.98. The predicted molar refractivity (Wildman–Crippen MR) is 57.7 cm³/mol. The Kier molecular flexibility index (Phi) is 5.05. The van der Waals surface area contributed by atoms with E-state index in [-0.39, 0.29) is 12.0 Å². The van der Waals surface area contributed by atoms with Crippen molar-refractivity contribution in [2.75, 3.05) is 33.9 Å². The number of likely N-dealkylation sites (N-methyl/N-ethyl adjacent to an activating group) is 1. The van der Waals surface area contributed by atoms with Crippen LogP contribution in [-0.4, -0.2) is 50.8 Å². The largest absolute Gasteiger partial charge is 0.468 e. The maximum Gasteiger partial charge on any atom is 0.323 e. The summed E-state index contributed by atoms with van der Waals surface area (Å²) in [4.78, 5) is 13.6. The first-order chi connectivity index (χ1) is 7.20. The molecule has 0 radical (unpaired) electrons. The summed E-state index contributed by atoms with van der Waals surface area (Å²) >= 11 is 0. The fourth-order valence-electron chi connectivity index (χ4n) is 1.76. The average Bonchev–Trinajstić information content (AvgIpc) is 3.02. The molecule has 4 nitrogen and oxygen atoms in total. The minimum Gasteiger partial charge on any atom is -0.468 e. The van der Waals surface area contributed by atoms with Crippen LogP contribution in [0.25, 0.3) is 0 Å². The molecule has 1 aliphatic rings. The van der Waals surface area contributed by atoms with Gasteiger partial charge in [-0.3, -0.25) is 9.69 Å². The molecule has 1 fully saturated rings. The molecule has 1 rings (SSSR count). The molecule has 1 aliphatic carbocycles. The van der Waals surface area contributed by atoms with Crippen molar-refractivity contribution in [3.8, 4) is 0 Å². The Morgan fingerprint density at radius 1 is 1.53 bits per heavy atom. The van der Waals surface area contributed by atoms with Crippen LogP contribution in [0.3, 0.4) is 0 Å². The molecule has 1 atom stereocenters. The first-order valence-corrected chi connectivity index (χ1v) is 5.56. The average molecular weight is 215 g/mol. The lowest BCUT2D eigenvalue weighted by Crippen LogP contribution is -2.42. The number of hydrogen-bond donors (Lipinski definition) is 0. The number of methoxy groups -OCH3 is 1. The highest BCUT2D eigenvalue weighted by molar-refractivity contribution is 5.76. The summed E-state index contributed by atoms with van der Waals surface area (Å²) in [6, 6.07) is -0.0737. The zero-order valence-corrected chi connectivity index (χ0v) is 9.86. The SMILES string of the molecule is CCOCCN(C)C(C(=O)OC)C1CC1. The lowest BCUT2D eigenvalue weighted by atomic mass is 10.1. The Balaban J connectivity index is 2.37. The molecule has 1 saturated carbocycles. The van der Waals surface area contributed by atoms with Gasteiger partial charge in [-0.2, -0.15) is 0 Å². The van der Waals surface area contributed by atoms with Gasteiger partial charge in [-0.25, -0.2) is 0 Å². The molecule has 88 valence electrons. The molecule has 0 saturated heterocycles. The highest BCUT2D eigenvalue weighted by atomic mass is 16.5. The molecule has 0 bridgehead atoms. The molecule has 1 unspecified atom stereocenters. The number of esters is 1. The van der Waals surface area contributed by atoms with Gasteiger partial charge in [0, 0.05) is 13.2 Å². The zero-order chi connectivity index (χ0) is 11.3. The van der Waals surface area contributed by atoms with Crippen LogP contribution in [0.4, 0.5) is 0 Å². The van der Waals surface area contributed by atoms with E-state index in [1.54, 1.807) is 0 Å². The van der Waals surface area contributed by atoms with E-state index in [0.717, 1.165) is 26.0 Å². The van der Waals surface area contributed by atoms with Crippen molar-refractivity contribution in [1.82, 2.24) is 4.90 Å². The second-order valence-electron chi connectivity index (χ2n) is 3.98. The summed E-state index contributed by atoms with van der Waals surface area (Å²) in [5.74, 6) is 0.376. The maximum absolute atomic E-state index is 11.6. The molecule has 4 heteroatoms. The number of carbonyl (C=O) groups is 1. The molecule has 15 heavy (non-hydrogen) atoms. The van der Waals surface area contributed by atoms with Crippen LogP contribution < -0.4 is 0 Å². The third-order valence-electron chi connectivity index (χ3n) is 2.78. The van der Waals surface area contributed by atoms with Crippen LogP contribution in [0.5, 0.6) is 0 Å². The van der Waals surface area contributed by atoms with Crippen molar-refractivity contribution in [3.05, 3.63) is 0 Å². The Hall–Kier alpha value is -0.610. The monoisotopic (exact) mass is 215 g/mol. The van der Waals surface area contributed by atoms with Gasteiger partial charge < -0.3 is 9.47 Å². The summed E-state index contributed by atoms with van der Waals surface area (Å²) in [5.41, 5.74) is 0. The second kappa shape index (κ2) is 6.08. The maximum atomic E-state index is 11.6. The number of carbonyl (C=O) groups excluding carboxylic acids is 1. The van der Waals surface area contributed by atoms with Crippen molar-refractivity contribution < 1.29 is 14.3 Å². The third kappa shape index (κ3) is 3.80. The number of ether oxygens (including phenoxy) is 2. The van der Waals surface area contributed by atoms with E-state index < -0.39 is 0 Å². The molecule has 0 N–H and O–H groups in total. The van der Waals surface area contributed by atoms with E-state index in [2.05, 4.69) is 0 Å². The van der Waals surface area contributed by atoms with Gasteiger partial charge >= 0.3 is 5.97 Å². The van der Waals surface area contributed by atoms with Gasteiger partial charge in [0.25, 0.3) is 0 Å². The van der Waals surface area contributed by atoms with Gasteiger partial charge in [-0.05, 0) is 32.7 Å². The van der Waals surface area contributed by atoms with Crippen LogP contribution in [0.2, 0.25) is 0 Å². The van der Waals surface area contributed by atoms with Crippen LogP contribution in [0.1, 0.15) is 19.8 Å². The molecule has 0 spiro atoms. The van der Waals surface area contributed by atoms with E-state index in [9.17, 15) is 4.79 Å². The van der Waals surface area contributed by atoms with Crippen LogP contribution in [-0.2, 0) is 14.3 Å². The molecule has 0 heterocycles. The summed E-state index contributed by atoms with van der Waals surface area (Å²) < 4.78 is 10.1. The van der Waals surface area contributed by atoms with Crippen LogP contribution in [0, 0.1) is 5.92 Å². The number of rotatable bonds is 7. The van der Waals surface area contributed by atoms with Crippen LogP contribution in [0.15, 0.2) is 0 Å². The van der Waals surface area contributed by atoms with Gasteiger partial charge in [-0.1, -0.05) is 0 Å². The van der Waals surface area contributed by atoms with Crippen molar-refractivity contribution >= 4 is 5.97 Å². The zero-order valence-electron chi connectivity index (χ0n) is 9.86. The number of hydrogen-bond acceptors (Lipinski definition) is 4. The van der Waals surface area contributed by atoms with Gasteiger partial charge in [0.2, 0.25) is 0 Å². The molecule has 0 aromatic heterocycles. The van der Waals surface area contributed by atoms with E-state index in [0.29, 0.717) is 12.5 Å². The van der Waals surface area contributed by atoms with E-state index >= 15 is 0 Å². The van der Waals surface area contributed by atoms with Crippen molar-refractivity contribution in [3.63, 3.8) is 0 Å². The lowest BCUT2D eigenvalue weighted by Gasteiger charge is -2.25. The molecule has 0 aromatic rings. The molecule has 0 aliphatic heterocycles. The van der Waals surface area contributed by atoms with Crippen molar-refractivity contribution in [1.29, 1.82) is 0 Å². The molecular formula is C11H21NO3. The molecular weight excluding hydrogens is 194 g/mol. The summed E-state index contributed by atoms with van der Waals surface area (Å²) in [7, 11) is 3.41. The Bertz CT molecular complexity index is 204. The fraction of sp³-hybridized carbons (Fsp3) is 0.909.